The maximum absolute atomic E-state index is 13.1. The van der Waals surface area contributed by atoms with E-state index < -0.39 is 22.7 Å². The Morgan fingerprint density at radius 3 is 2.44 bits per heavy atom. The number of esters is 1. The van der Waals surface area contributed by atoms with E-state index in [4.69, 9.17) is 0 Å². The Hall–Kier alpha value is -4.31. The fourth-order valence-electron chi connectivity index (χ4n) is 2.93. The van der Waals surface area contributed by atoms with Crippen LogP contribution in [0, 0.1) is 10.1 Å². The van der Waals surface area contributed by atoms with E-state index in [1.165, 1.54) is 43.5 Å². The van der Waals surface area contributed by atoms with Crippen LogP contribution in [-0.2, 0) is 9.53 Å². The molecule has 10 heteroatoms. The first-order valence-corrected chi connectivity index (χ1v) is 10.6. The van der Waals surface area contributed by atoms with E-state index >= 15 is 0 Å². The van der Waals surface area contributed by atoms with Gasteiger partial charge in [0.25, 0.3) is 17.5 Å². The molecule has 0 aliphatic rings. The number of halogens is 1. The lowest BCUT2D eigenvalue weighted by molar-refractivity contribution is -0.384. The molecule has 0 aliphatic heterocycles. The van der Waals surface area contributed by atoms with E-state index in [1.54, 1.807) is 42.5 Å². The predicted molar refractivity (Wildman–Crippen MR) is 129 cm³/mol. The number of nitro groups is 1. The highest BCUT2D eigenvalue weighted by Crippen LogP contribution is 2.19. The number of carbonyl (C=O) groups is 3. The van der Waals surface area contributed by atoms with E-state index in [0.29, 0.717) is 10.0 Å². The number of methoxy groups -OCH3 is 1. The molecule has 34 heavy (non-hydrogen) atoms. The Labute approximate surface area is 202 Å². The van der Waals surface area contributed by atoms with Crippen molar-refractivity contribution in [1.82, 2.24) is 5.32 Å². The quantitative estimate of drug-likeness (QED) is 0.202. The number of non-ortho nitro benzene ring substituents is 1. The number of ether oxygens (including phenoxy) is 1. The molecule has 3 aromatic carbocycles. The lowest BCUT2D eigenvalue weighted by Gasteiger charge is -2.12. The van der Waals surface area contributed by atoms with Gasteiger partial charge in [0.2, 0.25) is 0 Å². The van der Waals surface area contributed by atoms with Crippen molar-refractivity contribution in [3.8, 4) is 0 Å². The van der Waals surface area contributed by atoms with Crippen molar-refractivity contribution >= 4 is 51.2 Å². The molecule has 0 spiro atoms. The third kappa shape index (κ3) is 6.14. The molecule has 0 fully saturated rings. The molecule has 0 bridgehead atoms. The summed E-state index contributed by atoms with van der Waals surface area (Å²) in [7, 11) is 1.24. The minimum Gasteiger partial charge on any atom is -0.465 e. The van der Waals surface area contributed by atoms with E-state index in [1.807, 2.05) is 0 Å². The fourth-order valence-corrected chi connectivity index (χ4v) is 3.39. The van der Waals surface area contributed by atoms with Gasteiger partial charge in [-0.3, -0.25) is 19.7 Å². The van der Waals surface area contributed by atoms with E-state index in [2.05, 4.69) is 31.3 Å². The van der Waals surface area contributed by atoms with Gasteiger partial charge >= 0.3 is 5.97 Å². The molecule has 0 radical (unpaired) electrons. The van der Waals surface area contributed by atoms with Crippen LogP contribution in [0.1, 0.15) is 26.3 Å². The van der Waals surface area contributed by atoms with Crippen molar-refractivity contribution in [3.63, 3.8) is 0 Å². The maximum Gasteiger partial charge on any atom is 0.337 e. The molecule has 0 saturated heterocycles. The molecule has 2 N–H and O–H groups in total. The van der Waals surface area contributed by atoms with Gasteiger partial charge in [-0.15, -0.1) is 0 Å². The summed E-state index contributed by atoms with van der Waals surface area (Å²) < 4.78 is 5.21. The summed E-state index contributed by atoms with van der Waals surface area (Å²) >= 11 is 3.30. The Bertz CT molecular complexity index is 1310. The fraction of sp³-hybridized carbons (Fsp3) is 0.0417. The van der Waals surface area contributed by atoms with Crippen molar-refractivity contribution < 1.29 is 24.0 Å². The minimum atomic E-state index is -0.700. The average molecular weight is 524 g/mol. The van der Waals surface area contributed by atoms with E-state index in [-0.39, 0.29) is 28.2 Å². The molecule has 3 rings (SSSR count). The van der Waals surface area contributed by atoms with Gasteiger partial charge in [0.1, 0.15) is 5.70 Å². The first kappa shape index (κ1) is 24.3. The highest BCUT2D eigenvalue weighted by molar-refractivity contribution is 9.10. The van der Waals surface area contributed by atoms with Crippen molar-refractivity contribution in [2.24, 2.45) is 0 Å². The van der Waals surface area contributed by atoms with Gasteiger partial charge in [0.05, 0.1) is 23.2 Å². The largest absolute Gasteiger partial charge is 0.465 e. The first-order valence-electron chi connectivity index (χ1n) is 9.80. The van der Waals surface area contributed by atoms with Crippen LogP contribution in [0.3, 0.4) is 0 Å². The Kier molecular flexibility index (Phi) is 7.88. The Balaban J connectivity index is 1.95. The van der Waals surface area contributed by atoms with Gasteiger partial charge < -0.3 is 15.4 Å². The number of amides is 2. The zero-order valence-corrected chi connectivity index (χ0v) is 19.4. The molecule has 172 valence electrons. The highest BCUT2D eigenvalue weighted by atomic mass is 79.9. The number of nitro benzene ring substituents is 1. The third-order valence-corrected chi connectivity index (χ3v) is 5.24. The topological polar surface area (TPSA) is 128 Å². The average Bonchev–Trinajstić information content (AvgIpc) is 2.83. The Morgan fingerprint density at radius 2 is 1.74 bits per heavy atom. The summed E-state index contributed by atoms with van der Waals surface area (Å²) in [6, 6.07) is 18.3. The van der Waals surface area contributed by atoms with Crippen LogP contribution in [0.4, 0.5) is 11.4 Å². The number of rotatable bonds is 7. The lowest BCUT2D eigenvalue weighted by Crippen LogP contribution is -2.31. The summed E-state index contributed by atoms with van der Waals surface area (Å²) in [6.45, 7) is 0. The molecule has 0 saturated carbocycles. The van der Waals surface area contributed by atoms with Crippen LogP contribution < -0.4 is 10.6 Å². The summed E-state index contributed by atoms with van der Waals surface area (Å²) in [5, 5.41) is 16.3. The van der Waals surface area contributed by atoms with Crippen LogP contribution >= 0.6 is 15.9 Å². The van der Waals surface area contributed by atoms with Gasteiger partial charge in [-0.05, 0) is 57.9 Å². The van der Waals surface area contributed by atoms with Crippen molar-refractivity contribution in [2.75, 3.05) is 12.4 Å². The first-order chi connectivity index (χ1) is 16.3. The zero-order chi connectivity index (χ0) is 24.7. The molecule has 0 heterocycles. The molecule has 0 aliphatic carbocycles. The second-order valence-corrected chi connectivity index (χ2v) is 7.72. The van der Waals surface area contributed by atoms with Gasteiger partial charge in [0.15, 0.2) is 0 Å². The van der Waals surface area contributed by atoms with Crippen molar-refractivity contribution in [3.05, 3.63) is 110 Å². The molecular weight excluding hydrogens is 506 g/mol. The normalized spacial score (nSPS) is 10.8. The molecule has 3 aromatic rings. The molecule has 2 amide bonds. The summed E-state index contributed by atoms with van der Waals surface area (Å²) in [4.78, 5) is 48.3. The molecule has 0 unspecified atom stereocenters. The summed E-state index contributed by atoms with van der Waals surface area (Å²) in [6.07, 6.45) is 1.32. The number of benzene rings is 3. The van der Waals surface area contributed by atoms with Gasteiger partial charge in [-0.1, -0.05) is 30.3 Å². The lowest BCUT2D eigenvalue weighted by atomic mass is 10.1. The summed E-state index contributed by atoms with van der Waals surface area (Å²) in [5.74, 6) is -1.85. The summed E-state index contributed by atoms with van der Waals surface area (Å²) in [5.41, 5.74) is 0.791. The maximum atomic E-state index is 13.1. The van der Waals surface area contributed by atoms with Gasteiger partial charge in [-0.25, -0.2) is 4.79 Å². The third-order valence-electron chi connectivity index (χ3n) is 4.54. The molecule has 9 nitrogen and oxygen atoms in total. The van der Waals surface area contributed by atoms with Crippen LogP contribution in [-0.4, -0.2) is 29.8 Å². The number of hydrogen-bond donors (Lipinski definition) is 2. The second kappa shape index (κ2) is 11.0. The highest BCUT2D eigenvalue weighted by Gasteiger charge is 2.18. The van der Waals surface area contributed by atoms with Crippen molar-refractivity contribution in [2.45, 2.75) is 0 Å². The van der Waals surface area contributed by atoms with Gasteiger partial charge in [-0.2, -0.15) is 0 Å². The number of anilines is 1. The molecule has 0 aromatic heterocycles. The number of hydrogen-bond acceptors (Lipinski definition) is 6. The predicted octanol–water partition coefficient (Wildman–Crippen LogP) is 4.55. The number of nitrogens with one attached hydrogen (secondary N) is 2. The van der Waals surface area contributed by atoms with E-state index in [0.717, 1.165) is 0 Å². The zero-order valence-electron chi connectivity index (χ0n) is 17.8. The molecular formula is C24H18BrN3O6. The van der Waals surface area contributed by atoms with E-state index in [9.17, 15) is 24.5 Å². The van der Waals surface area contributed by atoms with Crippen LogP contribution in [0.25, 0.3) is 6.08 Å². The van der Waals surface area contributed by atoms with Crippen molar-refractivity contribution in [1.29, 1.82) is 0 Å². The van der Waals surface area contributed by atoms with Crippen LogP contribution in [0.2, 0.25) is 0 Å². The smallest absolute Gasteiger partial charge is 0.337 e. The minimum absolute atomic E-state index is 0.162. The SMILES string of the molecule is COC(=O)c1cccc(NC(=O)/C(=C\c2cccc([N+](=O)[O-])c2)NC(=O)c2ccccc2Br)c1. The second-order valence-electron chi connectivity index (χ2n) is 6.87. The Morgan fingerprint density at radius 1 is 1.00 bits per heavy atom. The van der Waals surface area contributed by atoms with Crippen LogP contribution in [0.15, 0.2) is 83.0 Å². The number of nitrogens with zero attached hydrogens (tertiary/aromatic N) is 1. The molecule has 0 atom stereocenters. The van der Waals surface area contributed by atoms with Crippen LogP contribution in [0.5, 0.6) is 0 Å². The van der Waals surface area contributed by atoms with Gasteiger partial charge in [0, 0.05) is 22.3 Å². The monoisotopic (exact) mass is 523 g/mol. The standard InChI is InChI=1S/C24H18BrN3O6/c1-34-24(31)16-7-5-8-17(14-16)26-23(30)21(13-15-6-4-9-18(12-15)28(32)33)27-22(29)19-10-2-3-11-20(19)25/h2-14H,1H3,(H,26,30)(H,27,29)/b21-13+. The number of carbonyl (C=O) groups excluding carboxylic acids is 3.